The Labute approximate surface area is 100 Å². The molecule has 0 fully saturated rings. The van der Waals surface area contributed by atoms with Crippen molar-refractivity contribution in [3.8, 4) is 0 Å². The van der Waals surface area contributed by atoms with Crippen molar-refractivity contribution >= 4 is 24.6 Å². The van der Waals surface area contributed by atoms with Gasteiger partial charge in [0.05, 0.1) is 11.9 Å². The summed E-state index contributed by atoms with van der Waals surface area (Å²) in [6.45, 7) is 0. The van der Waals surface area contributed by atoms with Gasteiger partial charge in [0.15, 0.2) is 11.5 Å². The lowest BCUT2D eigenvalue weighted by molar-refractivity contribution is -0.147. The Bertz CT molecular complexity index is 660. The molecule has 0 aromatic carbocycles. The van der Waals surface area contributed by atoms with Crippen LogP contribution in [0.4, 0.5) is 0 Å². The van der Waals surface area contributed by atoms with E-state index in [2.05, 4.69) is 4.98 Å². The summed E-state index contributed by atoms with van der Waals surface area (Å²) in [5.74, 6) is -1.52. The molecule has 0 spiro atoms. The van der Waals surface area contributed by atoms with Crippen molar-refractivity contribution in [2.75, 3.05) is 0 Å². The molecule has 18 heavy (non-hydrogen) atoms. The molecule has 1 atom stereocenters. The number of fused-ring (bicyclic) bond motifs is 1. The van der Waals surface area contributed by atoms with Gasteiger partial charge < -0.3 is 20.0 Å². The molecule has 0 radical (unpaired) electrons. The predicted octanol–water partition coefficient (Wildman–Crippen LogP) is -0.745. The summed E-state index contributed by atoms with van der Waals surface area (Å²) in [7, 11) is -4.62. The lowest BCUT2D eigenvalue weighted by Gasteiger charge is -2.11. The van der Waals surface area contributed by atoms with Crippen LogP contribution in [0, 0.1) is 0 Å². The minimum Gasteiger partial charge on any atom is -0.479 e. The molecular weight excluding hydrogens is 263 g/mol. The Morgan fingerprint density at radius 3 is 2.61 bits per heavy atom. The summed E-state index contributed by atoms with van der Waals surface area (Å²) in [5.41, 5.74) is -0.490. The average Bonchev–Trinajstić information content (AvgIpc) is 2.70. The molecule has 96 valence electrons. The fourth-order valence-electron chi connectivity index (χ4n) is 1.59. The highest BCUT2D eigenvalue weighted by Crippen LogP contribution is 2.34. The van der Waals surface area contributed by atoms with Gasteiger partial charge in [-0.15, -0.1) is 0 Å². The van der Waals surface area contributed by atoms with E-state index >= 15 is 0 Å². The van der Waals surface area contributed by atoms with Crippen LogP contribution in [0.1, 0.15) is 11.8 Å². The van der Waals surface area contributed by atoms with E-state index in [0.717, 1.165) is 10.6 Å². The SMILES string of the molecule is O=C(O)C(O)c1cccc2ncc(P(=O)(O)O)n12. The summed E-state index contributed by atoms with van der Waals surface area (Å²) in [6.07, 6.45) is -0.943. The van der Waals surface area contributed by atoms with Gasteiger partial charge >= 0.3 is 13.6 Å². The van der Waals surface area contributed by atoms with Crippen LogP contribution in [0.2, 0.25) is 0 Å². The molecule has 0 aliphatic rings. The first-order valence-electron chi connectivity index (χ1n) is 4.75. The maximum absolute atomic E-state index is 11.3. The van der Waals surface area contributed by atoms with Crippen molar-refractivity contribution < 1.29 is 29.4 Å². The number of pyridine rings is 1. The van der Waals surface area contributed by atoms with Crippen LogP contribution in [0.3, 0.4) is 0 Å². The van der Waals surface area contributed by atoms with E-state index in [0.29, 0.717) is 0 Å². The van der Waals surface area contributed by atoms with E-state index in [1.165, 1.54) is 18.2 Å². The normalized spacial score (nSPS) is 13.7. The number of nitrogens with zero attached hydrogens (tertiary/aromatic N) is 2. The molecule has 0 amide bonds. The van der Waals surface area contributed by atoms with Crippen LogP contribution in [0.15, 0.2) is 24.4 Å². The third-order valence-corrected chi connectivity index (χ3v) is 3.27. The lowest BCUT2D eigenvalue weighted by atomic mass is 10.2. The number of aliphatic hydroxyl groups excluding tert-OH is 1. The van der Waals surface area contributed by atoms with E-state index < -0.39 is 25.1 Å². The van der Waals surface area contributed by atoms with Gasteiger partial charge in [0.25, 0.3) is 0 Å². The molecule has 1 unspecified atom stereocenters. The number of carboxylic acids is 1. The number of hydrogen-bond acceptors (Lipinski definition) is 4. The number of hydrogen-bond donors (Lipinski definition) is 4. The minimum absolute atomic E-state index is 0.145. The van der Waals surface area contributed by atoms with Crippen molar-refractivity contribution in [1.29, 1.82) is 0 Å². The first-order valence-corrected chi connectivity index (χ1v) is 6.37. The molecule has 4 N–H and O–H groups in total. The van der Waals surface area contributed by atoms with E-state index in [4.69, 9.17) is 14.9 Å². The molecule has 2 aromatic heterocycles. The van der Waals surface area contributed by atoms with E-state index in [-0.39, 0.29) is 11.3 Å². The summed E-state index contributed by atoms with van der Waals surface area (Å²) in [4.78, 5) is 32.8. The minimum atomic E-state index is -4.62. The molecule has 2 aromatic rings. The van der Waals surface area contributed by atoms with Crippen molar-refractivity contribution in [2.24, 2.45) is 0 Å². The topological polar surface area (TPSA) is 132 Å². The zero-order chi connectivity index (χ0) is 13.5. The zero-order valence-electron chi connectivity index (χ0n) is 8.83. The molecule has 8 nitrogen and oxygen atoms in total. The van der Waals surface area contributed by atoms with Crippen molar-refractivity contribution in [3.63, 3.8) is 0 Å². The van der Waals surface area contributed by atoms with Gasteiger partial charge in [0.2, 0.25) is 0 Å². The van der Waals surface area contributed by atoms with E-state index in [1.54, 1.807) is 0 Å². The number of aromatic nitrogens is 2. The fraction of sp³-hybridized carbons (Fsp3) is 0.111. The zero-order valence-corrected chi connectivity index (χ0v) is 9.73. The second-order valence-electron chi connectivity index (χ2n) is 3.55. The van der Waals surface area contributed by atoms with Crippen molar-refractivity contribution in [3.05, 3.63) is 30.1 Å². The highest BCUT2D eigenvalue weighted by Gasteiger charge is 2.27. The molecular formula is C9H9N2O6P. The molecule has 9 heteroatoms. The fourth-order valence-corrected chi connectivity index (χ4v) is 2.28. The third kappa shape index (κ3) is 2.02. The van der Waals surface area contributed by atoms with Crippen molar-refractivity contribution in [2.45, 2.75) is 6.10 Å². The van der Waals surface area contributed by atoms with Crippen molar-refractivity contribution in [1.82, 2.24) is 9.38 Å². The summed E-state index contributed by atoms with van der Waals surface area (Å²) < 4.78 is 12.2. The predicted molar refractivity (Wildman–Crippen MR) is 59.5 cm³/mol. The van der Waals surface area contributed by atoms with Crippen LogP contribution in [0.25, 0.3) is 5.65 Å². The third-order valence-electron chi connectivity index (χ3n) is 2.35. The molecule has 0 saturated heterocycles. The molecule has 2 rings (SSSR count). The van der Waals surface area contributed by atoms with Gasteiger partial charge in [0.1, 0.15) is 5.65 Å². The van der Waals surface area contributed by atoms with Gasteiger partial charge in [-0.2, -0.15) is 0 Å². The van der Waals surface area contributed by atoms with Gasteiger partial charge in [-0.3, -0.25) is 8.97 Å². The van der Waals surface area contributed by atoms with Gasteiger partial charge in [-0.25, -0.2) is 9.78 Å². The number of aliphatic hydroxyl groups is 1. The maximum atomic E-state index is 11.3. The second-order valence-corrected chi connectivity index (χ2v) is 5.09. The molecule has 0 bridgehead atoms. The largest absolute Gasteiger partial charge is 0.479 e. The first kappa shape index (κ1) is 12.7. The molecule has 2 heterocycles. The Balaban J connectivity index is 2.78. The van der Waals surface area contributed by atoms with Crippen LogP contribution in [-0.2, 0) is 9.36 Å². The molecule has 0 aliphatic carbocycles. The number of carbonyl (C=O) groups is 1. The van der Waals surface area contributed by atoms with Gasteiger partial charge in [-0.05, 0) is 12.1 Å². The van der Waals surface area contributed by atoms with Crippen LogP contribution in [0.5, 0.6) is 0 Å². The standard InChI is InChI=1S/C9H9N2O6P/c12-8(9(13)14)5-2-1-3-6-10-4-7(11(5)6)18(15,16)17/h1-4,8,12H,(H,13,14)(H2,15,16,17). The Morgan fingerprint density at radius 1 is 1.39 bits per heavy atom. The highest BCUT2D eigenvalue weighted by molar-refractivity contribution is 7.60. The summed E-state index contributed by atoms with van der Waals surface area (Å²) in [5, 5.41) is 18.3. The summed E-state index contributed by atoms with van der Waals surface area (Å²) in [6, 6.07) is 4.14. The average molecular weight is 272 g/mol. The van der Waals surface area contributed by atoms with E-state index in [9.17, 15) is 14.5 Å². The van der Waals surface area contributed by atoms with Crippen LogP contribution in [-0.4, -0.2) is 35.4 Å². The first-order chi connectivity index (χ1) is 8.32. The lowest BCUT2D eigenvalue weighted by Crippen LogP contribution is -2.20. The van der Waals surface area contributed by atoms with E-state index in [1.807, 2.05) is 0 Å². The number of imidazole rings is 1. The van der Waals surface area contributed by atoms with Gasteiger partial charge in [0, 0.05) is 0 Å². The molecule has 0 aliphatic heterocycles. The Hall–Kier alpha value is -1.73. The summed E-state index contributed by atoms with van der Waals surface area (Å²) >= 11 is 0. The smallest absolute Gasteiger partial charge is 0.374 e. The van der Waals surface area contributed by atoms with Crippen LogP contribution >= 0.6 is 7.60 Å². The monoisotopic (exact) mass is 272 g/mol. The molecule has 0 saturated carbocycles. The van der Waals surface area contributed by atoms with Gasteiger partial charge in [-0.1, -0.05) is 6.07 Å². The number of rotatable bonds is 3. The van der Waals surface area contributed by atoms with Crippen LogP contribution < -0.4 is 5.44 Å². The Kier molecular flexibility index (Phi) is 2.95. The quantitative estimate of drug-likeness (QED) is 0.540. The number of aliphatic carboxylic acids is 1. The second kappa shape index (κ2) is 4.18. The highest BCUT2D eigenvalue weighted by atomic mass is 31.2. The maximum Gasteiger partial charge on any atom is 0.374 e. The number of carboxylic acid groups (broad SMARTS) is 1. The Morgan fingerprint density at radius 2 is 2.06 bits per heavy atom.